The van der Waals surface area contributed by atoms with Crippen molar-refractivity contribution in [1.29, 1.82) is 15.8 Å². The molecular weight excluding hydrogens is 905 g/mol. The number of benzene rings is 10. The minimum absolute atomic E-state index is 0.406. The van der Waals surface area contributed by atoms with E-state index in [4.69, 9.17) is 19.7 Å². The molecule has 0 aliphatic rings. The normalized spacial score (nSPS) is 10.9. The van der Waals surface area contributed by atoms with Gasteiger partial charge >= 0.3 is 0 Å². The lowest BCUT2D eigenvalue weighted by molar-refractivity contribution is 1.14. The Hall–Kier alpha value is -11.3. The van der Waals surface area contributed by atoms with Crippen molar-refractivity contribution in [2.75, 3.05) is 0 Å². The molecule has 0 radical (unpaired) electrons. The molecule has 8 heteroatoms. The second-order valence-electron chi connectivity index (χ2n) is 18.0. The fraction of sp³-hybridized carbons (Fsp3) is 0. The van der Waals surface area contributed by atoms with Crippen LogP contribution in [0, 0.1) is 53.7 Å². The van der Waals surface area contributed by atoms with Gasteiger partial charge in [0.25, 0.3) is 0 Å². The van der Waals surface area contributed by atoms with Crippen molar-refractivity contribution in [3.63, 3.8) is 0 Å². The molecule has 0 amide bonds. The van der Waals surface area contributed by atoms with Crippen LogP contribution in [-0.4, -0.2) is 9.13 Å². The van der Waals surface area contributed by atoms with E-state index in [-0.39, 0.29) is 0 Å². The molecule has 0 fully saturated rings. The maximum Gasteiger partial charge on any atom is 0.187 e. The highest BCUT2D eigenvalue weighted by atomic mass is 15.0. The molecule has 0 aliphatic carbocycles. The quantitative estimate of drug-likeness (QED) is 0.149. The number of hydrogen-bond donors (Lipinski definition) is 0. The molecule has 2 aromatic heterocycles. The minimum Gasteiger partial charge on any atom is -0.309 e. The van der Waals surface area contributed by atoms with Crippen molar-refractivity contribution >= 4 is 60.7 Å². The summed E-state index contributed by atoms with van der Waals surface area (Å²) in [7, 11) is 0. The highest BCUT2D eigenvalue weighted by Crippen LogP contribution is 2.44. The zero-order chi connectivity index (χ0) is 50.5. The molecule has 2 heterocycles. The number of rotatable bonds is 7. The first-order valence-electron chi connectivity index (χ1n) is 23.6. The molecule has 8 nitrogen and oxygen atoms in total. The van der Waals surface area contributed by atoms with Gasteiger partial charge < -0.3 is 9.13 Å². The first-order valence-corrected chi connectivity index (χ1v) is 23.6. The molecule has 0 N–H and O–H groups in total. The smallest absolute Gasteiger partial charge is 0.187 e. The Morgan fingerprint density at radius 3 is 1.04 bits per heavy atom. The number of fused-ring (bicyclic) bond motifs is 6. The Morgan fingerprint density at radius 2 is 0.676 bits per heavy atom. The van der Waals surface area contributed by atoms with Gasteiger partial charge in [-0.3, -0.25) is 0 Å². The lowest BCUT2D eigenvalue weighted by Gasteiger charge is -2.19. The Morgan fingerprint density at radius 1 is 0.311 bits per heavy atom. The molecule has 0 aliphatic heterocycles. The van der Waals surface area contributed by atoms with E-state index in [2.05, 4.69) is 121 Å². The number of nitriles is 3. The fourth-order valence-electron chi connectivity index (χ4n) is 10.2. The van der Waals surface area contributed by atoms with Gasteiger partial charge in [0.05, 0.1) is 82.0 Å². The standard InChI is InChI=1S/C66H34N8/c1-70-53-23-15-45(16-24-53)49-21-28-57-56-27-19-47(43-11-7-41(38-67)8-12-43)32-62(56)73(63(57)33-49)61-37-60(51-5-4-6-55(31-51)72-3)66(36-52(61)40-69)74-64-34-48(44-13-9-42(39-68)10-14-44)20-29-58(64)59-30-22-50(35-65(59)74)46-17-25-54(71-2)26-18-46/h4-37H. The molecule has 0 saturated carbocycles. The van der Waals surface area contributed by atoms with Crippen LogP contribution in [0.4, 0.5) is 17.1 Å². The van der Waals surface area contributed by atoms with E-state index in [0.29, 0.717) is 39.4 Å². The summed E-state index contributed by atoms with van der Waals surface area (Å²) in [6.45, 7) is 23.2. The minimum atomic E-state index is 0.406. The summed E-state index contributed by atoms with van der Waals surface area (Å²) < 4.78 is 4.39. The predicted octanol–water partition coefficient (Wildman–Crippen LogP) is 17.5. The molecule has 74 heavy (non-hydrogen) atoms. The van der Waals surface area contributed by atoms with Crippen molar-refractivity contribution in [2.24, 2.45) is 0 Å². The molecule has 0 atom stereocenters. The van der Waals surface area contributed by atoms with Gasteiger partial charge in [0, 0.05) is 27.1 Å². The van der Waals surface area contributed by atoms with Gasteiger partial charge in [-0.2, -0.15) is 15.8 Å². The van der Waals surface area contributed by atoms with Crippen LogP contribution in [0.15, 0.2) is 206 Å². The molecular formula is C66H34N8. The van der Waals surface area contributed by atoms with Gasteiger partial charge in [0.1, 0.15) is 6.07 Å². The van der Waals surface area contributed by atoms with Gasteiger partial charge in [0.15, 0.2) is 17.1 Å². The van der Waals surface area contributed by atoms with Crippen molar-refractivity contribution in [1.82, 2.24) is 9.13 Å². The van der Waals surface area contributed by atoms with Crippen molar-refractivity contribution in [3.05, 3.63) is 257 Å². The van der Waals surface area contributed by atoms with Crippen molar-refractivity contribution in [2.45, 2.75) is 0 Å². The van der Waals surface area contributed by atoms with E-state index in [9.17, 15) is 15.8 Å². The Kier molecular flexibility index (Phi) is 10.7. The Bertz CT molecular complexity index is 4340. The van der Waals surface area contributed by atoms with E-state index in [1.807, 2.05) is 121 Å². The fourth-order valence-corrected chi connectivity index (χ4v) is 10.2. The zero-order valence-corrected chi connectivity index (χ0v) is 39.2. The van der Waals surface area contributed by atoms with Crippen LogP contribution in [0.2, 0.25) is 0 Å². The topological polar surface area (TPSA) is 94.3 Å². The summed E-state index contributed by atoms with van der Waals surface area (Å²) in [6.07, 6.45) is 0. The summed E-state index contributed by atoms with van der Waals surface area (Å²) in [5, 5.41) is 34.8. The Balaban J connectivity index is 1.18. The van der Waals surface area contributed by atoms with E-state index >= 15 is 0 Å². The van der Waals surface area contributed by atoms with Crippen LogP contribution in [0.1, 0.15) is 16.7 Å². The summed E-state index contributed by atoms with van der Waals surface area (Å²) in [5.41, 5.74) is 17.1. The third-order valence-corrected chi connectivity index (χ3v) is 13.9. The maximum atomic E-state index is 11.6. The monoisotopic (exact) mass is 938 g/mol. The van der Waals surface area contributed by atoms with E-state index in [0.717, 1.165) is 105 Å². The first kappa shape index (κ1) is 44.0. The SMILES string of the molecule is [C-]#[N+]c1ccc(-c2ccc3c4ccc(-c5ccc(C#N)cc5)cc4n(-c4cc(-c5cccc([N+]#[C-])c5)c(-n5c6cc(-c7ccc(C#N)cc7)ccc6c6ccc(-c7ccc([N+]#[C-])cc7)cc65)cc4C#N)c3c2)cc1. The Labute approximate surface area is 426 Å². The van der Waals surface area contributed by atoms with Gasteiger partial charge in [-0.25, -0.2) is 14.5 Å². The van der Waals surface area contributed by atoms with Crippen LogP contribution in [0.3, 0.4) is 0 Å². The maximum absolute atomic E-state index is 11.6. The average molecular weight is 939 g/mol. The van der Waals surface area contributed by atoms with Gasteiger partial charge in [-0.1, -0.05) is 140 Å². The molecule has 12 rings (SSSR count). The predicted molar refractivity (Wildman–Crippen MR) is 295 cm³/mol. The molecule has 0 spiro atoms. The largest absolute Gasteiger partial charge is 0.309 e. The second kappa shape index (κ2) is 17.9. The van der Waals surface area contributed by atoms with Crippen LogP contribution in [0.25, 0.3) is 125 Å². The van der Waals surface area contributed by atoms with Crippen molar-refractivity contribution in [3.8, 4) is 85.2 Å². The summed E-state index contributed by atoms with van der Waals surface area (Å²) in [4.78, 5) is 11.1. The molecule has 0 bridgehead atoms. The summed E-state index contributed by atoms with van der Waals surface area (Å²) >= 11 is 0. The number of hydrogen-bond acceptors (Lipinski definition) is 3. The van der Waals surface area contributed by atoms with Gasteiger partial charge in [-0.15, -0.1) is 0 Å². The summed E-state index contributed by atoms with van der Waals surface area (Å²) in [5.74, 6) is 0. The highest BCUT2D eigenvalue weighted by Gasteiger charge is 2.24. The van der Waals surface area contributed by atoms with E-state index < -0.39 is 0 Å². The third kappa shape index (κ3) is 7.44. The number of nitrogens with zero attached hydrogens (tertiary/aromatic N) is 8. The molecule has 12 aromatic rings. The van der Waals surface area contributed by atoms with E-state index in [1.54, 1.807) is 6.07 Å². The summed E-state index contributed by atoms with van der Waals surface area (Å²) in [6, 6.07) is 74.3. The lowest BCUT2D eigenvalue weighted by Crippen LogP contribution is -2.04. The zero-order valence-electron chi connectivity index (χ0n) is 39.2. The highest BCUT2D eigenvalue weighted by molar-refractivity contribution is 6.13. The molecule has 0 saturated heterocycles. The molecule has 10 aromatic carbocycles. The number of aromatic nitrogens is 2. The van der Waals surface area contributed by atoms with Crippen LogP contribution < -0.4 is 0 Å². The van der Waals surface area contributed by atoms with Crippen LogP contribution in [0.5, 0.6) is 0 Å². The van der Waals surface area contributed by atoms with Crippen LogP contribution in [-0.2, 0) is 0 Å². The van der Waals surface area contributed by atoms with Crippen molar-refractivity contribution < 1.29 is 0 Å². The average Bonchev–Trinajstić information content (AvgIpc) is 3.98. The van der Waals surface area contributed by atoms with E-state index in [1.165, 1.54) is 0 Å². The second-order valence-corrected chi connectivity index (χ2v) is 18.0. The molecule has 0 unspecified atom stereocenters. The van der Waals surface area contributed by atoms with Gasteiger partial charge in [-0.05, 0) is 117 Å². The third-order valence-electron chi connectivity index (χ3n) is 13.9. The first-order chi connectivity index (χ1) is 36.4. The van der Waals surface area contributed by atoms with Crippen LogP contribution >= 0.6 is 0 Å². The molecule has 338 valence electrons. The lowest BCUT2D eigenvalue weighted by atomic mass is 9.98. The van der Waals surface area contributed by atoms with Gasteiger partial charge in [0.2, 0.25) is 0 Å².